The molecule has 19 heavy (non-hydrogen) atoms. The van der Waals surface area contributed by atoms with Crippen molar-refractivity contribution in [1.82, 2.24) is 5.32 Å². The van der Waals surface area contributed by atoms with Gasteiger partial charge in [0, 0.05) is 6.04 Å². The lowest BCUT2D eigenvalue weighted by Crippen LogP contribution is -2.41. The first kappa shape index (κ1) is 16.0. The highest BCUT2D eigenvalue weighted by molar-refractivity contribution is 5.85. The second kappa shape index (κ2) is 6.92. The van der Waals surface area contributed by atoms with Gasteiger partial charge in [0.1, 0.15) is 6.04 Å². The zero-order chi connectivity index (χ0) is 13.1. The number of aryl methyl sites for hydroxylation is 1. The highest BCUT2D eigenvalue weighted by Gasteiger charge is 2.26. The van der Waals surface area contributed by atoms with Crippen LogP contribution in [0.2, 0.25) is 0 Å². The summed E-state index contributed by atoms with van der Waals surface area (Å²) >= 11 is 0. The first-order chi connectivity index (χ1) is 8.58. The smallest absolute Gasteiger partial charge is 0.241 e. The monoisotopic (exact) mass is 282 g/mol. The third kappa shape index (κ3) is 3.95. The Morgan fingerprint density at radius 3 is 2.47 bits per heavy atom. The van der Waals surface area contributed by atoms with Crippen molar-refractivity contribution in [2.24, 2.45) is 11.7 Å². The van der Waals surface area contributed by atoms with Crippen LogP contribution in [0.5, 0.6) is 0 Å². The molecule has 1 aromatic carbocycles. The maximum atomic E-state index is 12.1. The lowest BCUT2D eigenvalue weighted by molar-refractivity contribution is -0.123. The molecule has 0 heterocycles. The molecule has 3 atom stereocenters. The lowest BCUT2D eigenvalue weighted by Gasteiger charge is -2.20. The summed E-state index contributed by atoms with van der Waals surface area (Å²) in [6, 6.07) is 7.57. The summed E-state index contributed by atoms with van der Waals surface area (Å²) in [5, 5.41) is 3.08. The highest BCUT2D eigenvalue weighted by atomic mass is 35.5. The molecule has 1 fully saturated rings. The first-order valence-electron chi connectivity index (χ1n) is 6.70. The van der Waals surface area contributed by atoms with Gasteiger partial charge in [0.2, 0.25) is 5.91 Å². The van der Waals surface area contributed by atoms with Crippen LogP contribution < -0.4 is 11.1 Å². The van der Waals surface area contributed by atoms with E-state index in [2.05, 4.69) is 12.2 Å². The van der Waals surface area contributed by atoms with E-state index in [1.54, 1.807) is 0 Å². The molecule has 0 aromatic heterocycles. The number of rotatable bonds is 3. The van der Waals surface area contributed by atoms with E-state index in [0.29, 0.717) is 12.0 Å². The van der Waals surface area contributed by atoms with Gasteiger partial charge in [-0.1, -0.05) is 43.2 Å². The fourth-order valence-corrected chi connectivity index (χ4v) is 2.56. The molecule has 1 saturated carbocycles. The van der Waals surface area contributed by atoms with E-state index in [9.17, 15) is 4.79 Å². The van der Waals surface area contributed by atoms with Gasteiger partial charge in [0.25, 0.3) is 0 Å². The first-order valence-corrected chi connectivity index (χ1v) is 6.70. The molecule has 4 heteroatoms. The molecule has 0 spiro atoms. The van der Waals surface area contributed by atoms with Crippen molar-refractivity contribution in [2.45, 2.75) is 45.2 Å². The zero-order valence-electron chi connectivity index (χ0n) is 11.6. The van der Waals surface area contributed by atoms with Crippen LogP contribution in [0.15, 0.2) is 24.3 Å². The van der Waals surface area contributed by atoms with Crippen LogP contribution in [0.1, 0.15) is 43.4 Å². The number of halogens is 1. The molecule has 2 rings (SSSR count). The predicted octanol–water partition coefficient (Wildman–Crippen LogP) is 2.72. The van der Waals surface area contributed by atoms with Crippen LogP contribution in [-0.4, -0.2) is 11.9 Å². The van der Waals surface area contributed by atoms with Crippen molar-refractivity contribution in [3.63, 3.8) is 0 Å². The van der Waals surface area contributed by atoms with Crippen LogP contribution >= 0.6 is 12.4 Å². The van der Waals surface area contributed by atoms with Crippen molar-refractivity contribution < 1.29 is 4.79 Å². The van der Waals surface area contributed by atoms with Gasteiger partial charge >= 0.3 is 0 Å². The Kier molecular flexibility index (Phi) is 5.83. The number of amides is 1. The van der Waals surface area contributed by atoms with E-state index >= 15 is 0 Å². The maximum Gasteiger partial charge on any atom is 0.241 e. The van der Waals surface area contributed by atoms with E-state index in [4.69, 9.17) is 5.73 Å². The SMILES string of the molecule is Cc1ccc(C(N)C(=O)NC2CCCC2C)cc1.Cl. The summed E-state index contributed by atoms with van der Waals surface area (Å²) < 4.78 is 0. The average Bonchev–Trinajstić information content (AvgIpc) is 2.75. The minimum atomic E-state index is -0.557. The van der Waals surface area contributed by atoms with Gasteiger partial charge in [-0.3, -0.25) is 4.79 Å². The standard InChI is InChI=1S/C15H22N2O.ClH/c1-10-6-8-12(9-7-10)14(16)15(18)17-13-5-3-4-11(13)2;/h6-9,11,13-14H,3-5,16H2,1-2H3,(H,17,18);1H. The second-order valence-electron chi connectivity index (χ2n) is 5.41. The zero-order valence-corrected chi connectivity index (χ0v) is 12.4. The topological polar surface area (TPSA) is 55.1 Å². The molecule has 3 nitrogen and oxygen atoms in total. The van der Waals surface area contributed by atoms with Crippen LogP contribution in [0.25, 0.3) is 0 Å². The van der Waals surface area contributed by atoms with Crippen molar-refractivity contribution in [3.05, 3.63) is 35.4 Å². The molecule has 0 aliphatic heterocycles. The van der Waals surface area contributed by atoms with E-state index in [-0.39, 0.29) is 18.3 Å². The molecule has 3 unspecified atom stereocenters. The number of nitrogens with one attached hydrogen (secondary N) is 1. The average molecular weight is 283 g/mol. The highest BCUT2D eigenvalue weighted by Crippen LogP contribution is 2.25. The van der Waals surface area contributed by atoms with Crippen LogP contribution in [0.4, 0.5) is 0 Å². The summed E-state index contributed by atoms with van der Waals surface area (Å²) in [5.74, 6) is 0.511. The summed E-state index contributed by atoms with van der Waals surface area (Å²) in [5.41, 5.74) is 8.06. The van der Waals surface area contributed by atoms with Crippen molar-refractivity contribution in [1.29, 1.82) is 0 Å². The minimum absolute atomic E-state index is 0. The molecule has 1 aromatic rings. The molecule has 0 bridgehead atoms. The maximum absolute atomic E-state index is 12.1. The van der Waals surface area contributed by atoms with Gasteiger partial charge in [-0.2, -0.15) is 0 Å². The Morgan fingerprint density at radius 1 is 1.32 bits per heavy atom. The molecule has 3 N–H and O–H groups in total. The number of benzene rings is 1. The minimum Gasteiger partial charge on any atom is -0.351 e. The Balaban J connectivity index is 0.00000180. The van der Waals surface area contributed by atoms with Gasteiger partial charge in [-0.15, -0.1) is 12.4 Å². The quantitative estimate of drug-likeness (QED) is 0.896. The van der Waals surface area contributed by atoms with Crippen LogP contribution in [0.3, 0.4) is 0 Å². The predicted molar refractivity (Wildman–Crippen MR) is 80.3 cm³/mol. The van der Waals surface area contributed by atoms with Crippen molar-refractivity contribution in [2.75, 3.05) is 0 Å². The van der Waals surface area contributed by atoms with Gasteiger partial charge in [0.05, 0.1) is 0 Å². The molecule has 0 radical (unpaired) electrons. The normalized spacial score (nSPS) is 23.5. The van der Waals surface area contributed by atoms with Gasteiger partial charge in [-0.05, 0) is 31.2 Å². The van der Waals surface area contributed by atoms with Crippen LogP contribution in [0, 0.1) is 12.8 Å². The van der Waals surface area contributed by atoms with Crippen molar-refractivity contribution in [3.8, 4) is 0 Å². The fourth-order valence-electron chi connectivity index (χ4n) is 2.56. The second-order valence-corrected chi connectivity index (χ2v) is 5.41. The van der Waals surface area contributed by atoms with E-state index in [1.807, 2.05) is 31.2 Å². The van der Waals surface area contributed by atoms with E-state index < -0.39 is 6.04 Å². The van der Waals surface area contributed by atoms with Gasteiger partial charge in [0.15, 0.2) is 0 Å². The molecule has 1 aliphatic carbocycles. The molecular formula is C15H23ClN2O. The molecule has 106 valence electrons. The largest absolute Gasteiger partial charge is 0.351 e. The number of nitrogens with two attached hydrogens (primary N) is 1. The Labute approximate surface area is 121 Å². The van der Waals surface area contributed by atoms with Crippen LogP contribution in [-0.2, 0) is 4.79 Å². The molecule has 0 saturated heterocycles. The third-order valence-corrected chi connectivity index (χ3v) is 3.91. The summed E-state index contributed by atoms with van der Waals surface area (Å²) in [6.45, 7) is 4.21. The lowest BCUT2D eigenvalue weighted by atomic mass is 10.0. The Morgan fingerprint density at radius 2 is 1.95 bits per heavy atom. The molecular weight excluding hydrogens is 260 g/mol. The van der Waals surface area contributed by atoms with E-state index in [1.165, 1.54) is 18.4 Å². The van der Waals surface area contributed by atoms with E-state index in [0.717, 1.165) is 12.0 Å². The van der Waals surface area contributed by atoms with Gasteiger partial charge in [-0.25, -0.2) is 0 Å². The van der Waals surface area contributed by atoms with Gasteiger partial charge < -0.3 is 11.1 Å². The number of hydrogen-bond acceptors (Lipinski definition) is 2. The summed E-state index contributed by atoms with van der Waals surface area (Å²) in [6.07, 6.45) is 3.48. The number of carbonyl (C=O) groups excluding carboxylic acids is 1. The third-order valence-electron chi connectivity index (χ3n) is 3.91. The number of hydrogen-bond donors (Lipinski definition) is 2. The van der Waals surface area contributed by atoms with Crippen molar-refractivity contribution >= 4 is 18.3 Å². The number of carbonyl (C=O) groups is 1. The molecule has 1 amide bonds. The fraction of sp³-hybridized carbons (Fsp3) is 0.533. The Hall–Kier alpha value is -1.06. The molecule has 1 aliphatic rings. The Bertz CT molecular complexity index is 419. The summed E-state index contributed by atoms with van der Waals surface area (Å²) in [4.78, 5) is 12.1. The summed E-state index contributed by atoms with van der Waals surface area (Å²) in [7, 11) is 0.